The van der Waals surface area contributed by atoms with Crippen molar-refractivity contribution < 1.29 is 0 Å². The van der Waals surface area contributed by atoms with Crippen molar-refractivity contribution in [3.8, 4) is 0 Å². The zero-order valence-corrected chi connectivity index (χ0v) is 6.27. The minimum absolute atomic E-state index is 0.801. The molecule has 0 spiro atoms. The Bertz CT molecular complexity index is 131. The van der Waals surface area contributed by atoms with Crippen LogP contribution in [-0.2, 0) is 0 Å². The molecule has 0 amide bonds. The van der Waals surface area contributed by atoms with Crippen LogP contribution in [0.2, 0.25) is 0 Å². The van der Waals surface area contributed by atoms with Crippen molar-refractivity contribution in [2.45, 2.75) is 6.92 Å². The van der Waals surface area contributed by atoms with E-state index >= 15 is 0 Å². The van der Waals surface area contributed by atoms with Crippen LogP contribution in [-0.4, -0.2) is 22.9 Å². The summed E-state index contributed by atoms with van der Waals surface area (Å²) in [4.78, 5) is 4.07. The first-order valence-corrected chi connectivity index (χ1v) is 3.94. The van der Waals surface area contributed by atoms with Crippen LogP contribution in [0.3, 0.4) is 0 Å². The minimum atomic E-state index is 0.801. The summed E-state index contributed by atoms with van der Waals surface area (Å²) in [6, 6.07) is 0. The highest BCUT2D eigenvalue weighted by molar-refractivity contribution is 7.97. The second-order valence-electron chi connectivity index (χ2n) is 1.65. The molecule has 0 saturated heterocycles. The molecule has 0 aromatic carbocycles. The molecule has 9 heavy (non-hydrogen) atoms. The van der Waals surface area contributed by atoms with Gasteiger partial charge in [-0.2, -0.15) is 0 Å². The van der Waals surface area contributed by atoms with Crippen LogP contribution in [0.4, 0.5) is 0 Å². The van der Waals surface area contributed by atoms with Gasteiger partial charge in [-0.25, -0.2) is 0 Å². The van der Waals surface area contributed by atoms with E-state index < -0.39 is 0 Å². The summed E-state index contributed by atoms with van der Waals surface area (Å²) in [5.74, 6) is 1.11. The molecule has 1 rings (SSSR count). The Labute approximate surface area is 59.8 Å². The normalized spacial score (nSPS) is 16.8. The van der Waals surface area contributed by atoms with Gasteiger partial charge in [0.1, 0.15) is 6.67 Å². The van der Waals surface area contributed by atoms with Gasteiger partial charge in [0.25, 0.3) is 0 Å². The average molecular weight is 142 g/mol. The summed E-state index contributed by atoms with van der Waals surface area (Å²) in [5.41, 5.74) is 0. The molecule has 50 valence electrons. The monoisotopic (exact) mass is 142 g/mol. The molecule has 0 saturated carbocycles. The molecule has 1 aliphatic rings. The highest BCUT2D eigenvalue weighted by Gasteiger charge is 1.96. The number of allylic oxidation sites excluding steroid dienone is 1. The van der Waals surface area contributed by atoms with Crippen molar-refractivity contribution >= 4 is 18.2 Å². The second kappa shape index (κ2) is 3.56. The van der Waals surface area contributed by atoms with Gasteiger partial charge in [0.15, 0.2) is 0 Å². The molecule has 1 aliphatic heterocycles. The molecular formula is C6H10N2S. The molecule has 0 aliphatic carbocycles. The first-order chi connectivity index (χ1) is 4.43. The van der Waals surface area contributed by atoms with Crippen molar-refractivity contribution in [3.05, 3.63) is 12.3 Å². The lowest BCUT2D eigenvalue weighted by Crippen LogP contribution is -2.10. The zero-order valence-electron chi connectivity index (χ0n) is 5.45. The maximum Gasteiger partial charge on any atom is 0.119 e. The fourth-order valence-corrected chi connectivity index (χ4v) is 1.26. The molecule has 0 radical (unpaired) electrons. The van der Waals surface area contributed by atoms with E-state index in [0.717, 1.165) is 12.4 Å². The molecule has 0 bridgehead atoms. The van der Waals surface area contributed by atoms with Gasteiger partial charge >= 0.3 is 0 Å². The summed E-state index contributed by atoms with van der Waals surface area (Å²) < 4.78 is 2.11. The highest BCUT2D eigenvalue weighted by atomic mass is 32.2. The molecule has 3 heteroatoms. The molecular weight excluding hydrogens is 132 g/mol. The number of nitrogens with zero attached hydrogens (tertiary/aromatic N) is 2. The molecule has 0 N–H and O–H groups in total. The third-order valence-electron chi connectivity index (χ3n) is 0.960. The summed E-state index contributed by atoms with van der Waals surface area (Å²) in [7, 11) is 0. The number of aliphatic imine (C=N–C) groups is 1. The van der Waals surface area contributed by atoms with Gasteiger partial charge in [-0.05, 0) is 18.0 Å². The number of hydrogen-bond donors (Lipinski definition) is 0. The van der Waals surface area contributed by atoms with E-state index in [-0.39, 0.29) is 0 Å². The lowest BCUT2D eigenvalue weighted by Gasteiger charge is -2.16. The van der Waals surface area contributed by atoms with Crippen LogP contribution in [0.15, 0.2) is 17.3 Å². The van der Waals surface area contributed by atoms with Crippen LogP contribution < -0.4 is 0 Å². The fourth-order valence-electron chi connectivity index (χ4n) is 0.620. The Hall–Kier alpha value is -0.440. The number of rotatable bonds is 2. The fraction of sp³-hybridized carbons (Fsp3) is 0.500. The van der Waals surface area contributed by atoms with Gasteiger partial charge in [0, 0.05) is 18.2 Å². The van der Waals surface area contributed by atoms with Gasteiger partial charge in [-0.15, -0.1) is 0 Å². The largest absolute Gasteiger partial charge is 0.302 e. The predicted molar refractivity (Wildman–Crippen MR) is 42.5 cm³/mol. The van der Waals surface area contributed by atoms with E-state index in [1.165, 1.54) is 0 Å². The zero-order chi connectivity index (χ0) is 6.53. The van der Waals surface area contributed by atoms with Crippen molar-refractivity contribution in [1.82, 2.24) is 4.31 Å². The Balaban J connectivity index is 2.28. The second-order valence-corrected chi connectivity index (χ2v) is 2.95. The highest BCUT2D eigenvalue weighted by Crippen LogP contribution is 2.10. The lowest BCUT2D eigenvalue weighted by molar-refractivity contribution is 0.637. The van der Waals surface area contributed by atoms with E-state index in [2.05, 4.69) is 16.2 Å². The molecule has 0 aromatic heterocycles. The van der Waals surface area contributed by atoms with Crippen molar-refractivity contribution in [3.63, 3.8) is 0 Å². The summed E-state index contributed by atoms with van der Waals surface area (Å²) in [5, 5.41) is 0. The van der Waals surface area contributed by atoms with Crippen LogP contribution >= 0.6 is 11.9 Å². The lowest BCUT2D eigenvalue weighted by atomic mass is 10.6. The van der Waals surface area contributed by atoms with Crippen LogP contribution in [0.1, 0.15) is 6.92 Å². The predicted octanol–water partition coefficient (Wildman–Crippen LogP) is 1.51. The van der Waals surface area contributed by atoms with Crippen LogP contribution in [0.5, 0.6) is 0 Å². The minimum Gasteiger partial charge on any atom is -0.302 e. The third-order valence-corrected chi connectivity index (χ3v) is 1.79. The van der Waals surface area contributed by atoms with E-state index in [9.17, 15) is 0 Å². The molecule has 1 heterocycles. The van der Waals surface area contributed by atoms with Gasteiger partial charge in [0.2, 0.25) is 0 Å². The standard InChI is InChI=1S/C6H10N2S/c1-2-9-8-5-3-4-7-6-8/h3-5H,2,6H2,1H3. The molecule has 0 unspecified atom stereocenters. The van der Waals surface area contributed by atoms with Gasteiger partial charge in [-0.3, -0.25) is 4.99 Å². The van der Waals surface area contributed by atoms with Crippen LogP contribution in [0, 0.1) is 0 Å². The first kappa shape index (κ1) is 6.68. The first-order valence-electron chi connectivity index (χ1n) is 2.99. The maximum atomic E-state index is 4.07. The van der Waals surface area contributed by atoms with Crippen molar-refractivity contribution in [2.75, 3.05) is 12.4 Å². The van der Waals surface area contributed by atoms with Gasteiger partial charge < -0.3 is 4.31 Å². The Morgan fingerprint density at radius 2 is 2.67 bits per heavy atom. The SMILES string of the molecule is CCSN1C=CC=NC1. The van der Waals surface area contributed by atoms with Crippen molar-refractivity contribution in [2.24, 2.45) is 4.99 Å². The molecule has 0 aromatic rings. The summed E-state index contributed by atoms with van der Waals surface area (Å²) >= 11 is 1.78. The quantitative estimate of drug-likeness (QED) is 0.543. The molecule has 0 fully saturated rings. The van der Waals surface area contributed by atoms with Crippen LogP contribution in [0.25, 0.3) is 0 Å². The summed E-state index contributed by atoms with van der Waals surface area (Å²) in [6.07, 6.45) is 5.82. The smallest absolute Gasteiger partial charge is 0.119 e. The Morgan fingerprint density at radius 1 is 1.78 bits per heavy atom. The Morgan fingerprint density at radius 3 is 3.22 bits per heavy atom. The summed E-state index contributed by atoms with van der Waals surface area (Å²) in [6.45, 7) is 2.94. The van der Waals surface area contributed by atoms with E-state index in [1.807, 2.05) is 18.5 Å². The van der Waals surface area contributed by atoms with E-state index in [0.29, 0.717) is 0 Å². The molecule has 0 atom stereocenters. The maximum absolute atomic E-state index is 4.07. The topological polar surface area (TPSA) is 15.6 Å². The number of hydrogen-bond acceptors (Lipinski definition) is 3. The third kappa shape index (κ3) is 2.10. The molecule has 2 nitrogen and oxygen atoms in total. The Kier molecular flexibility index (Phi) is 2.64. The van der Waals surface area contributed by atoms with E-state index in [1.54, 1.807) is 11.9 Å². The van der Waals surface area contributed by atoms with Gasteiger partial charge in [0.05, 0.1) is 0 Å². The van der Waals surface area contributed by atoms with Crippen molar-refractivity contribution in [1.29, 1.82) is 0 Å². The van der Waals surface area contributed by atoms with Gasteiger partial charge in [-0.1, -0.05) is 6.92 Å². The van der Waals surface area contributed by atoms with E-state index in [4.69, 9.17) is 0 Å². The average Bonchev–Trinajstić information content (AvgIpc) is 1.91.